The Morgan fingerprint density at radius 2 is 1.88 bits per heavy atom. The Bertz CT molecular complexity index is 396. The highest BCUT2D eigenvalue weighted by molar-refractivity contribution is 6.31. The Kier molecular flexibility index (Phi) is 6.82. The maximum absolute atomic E-state index is 6.04. The van der Waals surface area contributed by atoms with Gasteiger partial charge in [0.1, 0.15) is 0 Å². The van der Waals surface area contributed by atoms with Gasteiger partial charge in [-0.1, -0.05) is 62.1 Å². The van der Waals surface area contributed by atoms with Crippen molar-refractivity contribution in [2.24, 2.45) is 0 Å². The molecule has 0 aliphatic rings. The largest absolute Gasteiger partial charge is 0.0979 e. The van der Waals surface area contributed by atoms with Crippen LogP contribution < -0.4 is 0 Å². The molecule has 0 aliphatic heterocycles. The molecule has 0 spiro atoms. The van der Waals surface area contributed by atoms with Gasteiger partial charge >= 0.3 is 0 Å². The maximum atomic E-state index is 6.04. The van der Waals surface area contributed by atoms with E-state index in [9.17, 15) is 0 Å². The molecule has 0 N–H and O–H groups in total. The summed E-state index contributed by atoms with van der Waals surface area (Å²) in [5.74, 6) is 6.39. The maximum Gasteiger partial charge on any atom is 0.0447 e. The van der Waals surface area contributed by atoms with Crippen molar-refractivity contribution in [3.8, 4) is 11.8 Å². The summed E-state index contributed by atoms with van der Waals surface area (Å²) in [6.07, 6.45) is 7.50. The van der Waals surface area contributed by atoms with E-state index in [4.69, 9.17) is 11.6 Å². The van der Waals surface area contributed by atoms with Crippen molar-refractivity contribution >= 4 is 11.6 Å². The summed E-state index contributed by atoms with van der Waals surface area (Å²) >= 11 is 6.04. The summed E-state index contributed by atoms with van der Waals surface area (Å²) in [5.41, 5.74) is 2.13. The lowest BCUT2D eigenvalue weighted by molar-refractivity contribution is 0.641. The van der Waals surface area contributed by atoms with Gasteiger partial charge in [-0.3, -0.25) is 0 Å². The van der Waals surface area contributed by atoms with Crippen LogP contribution in [-0.2, 0) is 0 Å². The molecular weight excluding hydrogens is 228 g/mol. The van der Waals surface area contributed by atoms with Gasteiger partial charge < -0.3 is 0 Å². The Labute approximate surface area is 110 Å². The van der Waals surface area contributed by atoms with E-state index in [1.807, 2.05) is 25.1 Å². The monoisotopic (exact) mass is 248 g/mol. The van der Waals surface area contributed by atoms with Crippen LogP contribution in [0.5, 0.6) is 0 Å². The lowest BCUT2D eigenvalue weighted by atomic mass is 10.1. The number of hydrogen-bond donors (Lipinski definition) is 0. The van der Waals surface area contributed by atoms with Gasteiger partial charge in [0, 0.05) is 17.0 Å². The van der Waals surface area contributed by atoms with Crippen LogP contribution in [0.15, 0.2) is 18.2 Å². The highest BCUT2D eigenvalue weighted by atomic mass is 35.5. The lowest BCUT2D eigenvalue weighted by Gasteiger charge is -1.97. The molecule has 0 heterocycles. The van der Waals surface area contributed by atoms with Crippen LogP contribution in [0.2, 0.25) is 5.02 Å². The second-order valence-electron chi connectivity index (χ2n) is 4.43. The van der Waals surface area contributed by atoms with Crippen molar-refractivity contribution in [3.63, 3.8) is 0 Å². The lowest BCUT2D eigenvalue weighted by Crippen LogP contribution is -1.79. The van der Waals surface area contributed by atoms with Crippen LogP contribution in [0.1, 0.15) is 56.6 Å². The van der Waals surface area contributed by atoms with Crippen LogP contribution in [0.3, 0.4) is 0 Å². The van der Waals surface area contributed by atoms with Crippen molar-refractivity contribution in [2.45, 2.75) is 52.4 Å². The van der Waals surface area contributed by atoms with E-state index in [2.05, 4.69) is 18.8 Å². The van der Waals surface area contributed by atoms with Crippen LogP contribution in [-0.4, -0.2) is 0 Å². The van der Waals surface area contributed by atoms with E-state index in [1.165, 1.54) is 32.1 Å². The molecule has 1 heteroatoms. The number of halogens is 1. The predicted molar refractivity (Wildman–Crippen MR) is 76.4 cm³/mol. The van der Waals surface area contributed by atoms with Gasteiger partial charge in [0.05, 0.1) is 0 Å². The third-order valence-electron chi connectivity index (χ3n) is 2.81. The van der Waals surface area contributed by atoms with Crippen molar-refractivity contribution in [2.75, 3.05) is 0 Å². The SMILES string of the molecule is CCCCCCCC#Cc1ccc(C)c(Cl)c1. The smallest absolute Gasteiger partial charge is 0.0447 e. The van der Waals surface area contributed by atoms with E-state index < -0.39 is 0 Å². The third kappa shape index (κ3) is 5.80. The topological polar surface area (TPSA) is 0 Å². The first-order chi connectivity index (χ1) is 8.24. The minimum atomic E-state index is 0.805. The molecule has 0 radical (unpaired) electrons. The van der Waals surface area contributed by atoms with Crippen molar-refractivity contribution in [1.29, 1.82) is 0 Å². The number of hydrogen-bond acceptors (Lipinski definition) is 0. The van der Waals surface area contributed by atoms with Gasteiger partial charge in [0.15, 0.2) is 0 Å². The normalized spacial score (nSPS) is 9.82. The van der Waals surface area contributed by atoms with E-state index in [0.717, 1.165) is 22.6 Å². The fourth-order valence-corrected chi connectivity index (χ4v) is 1.83. The second-order valence-corrected chi connectivity index (χ2v) is 4.84. The Morgan fingerprint density at radius 1 is 1.12 bits per heavy atom. The number of rotatable bonds is 5. The summed E-state index contributed by atoms with van der Waals surface area (Å²) in [6.45, 7) is 4.24. The zero-order valence-corrected chi connectivity index (χ0v) is 11.6. The minimum absolute atomic E-state index is 0.805. The Hall–Kier alpha value is -0.930. The van der Waals surface area contributed by atoms with Crippen LogP contribution in [0.4, 0.5) is 0 Å². The molecule has 0 atom stereocenters. The quantitative estimate of drug-likeness (QED) is 0.486. The highest BCUT2D eigenvalue weighted by Gasteiger charge is 1.94. The molecule has 92 valence electrons. The highest BCUT2D eigenvalue weighted by Crippen LogP contribution is 2.15. The summed E-state index contributed by atoms with van der Waals surface area (Å²) in [5, 5.41) is 0.805. The molecule has 1 rings (SSSR count). The molecule has 1 aromatic carbocycles. The molecule has 0 nitrogen and oxygen atoms in total. The average molecular weight is 249 g/mol. The van der Waals surface area contributed by atoms with Gasteiger partial charge in [0.25, 0.3) is 0 Å². The first-order valence-electron chi connectivity index (χ1n) is 6.49. The molecule has 0 unspecified atom stereocenters. The summed E-state index contributed by atoms with van der Waals surface area (Å²) in [4.78, 5) is 0. The third-order valence-corrected chi connectivity index (χ3v) is 3.22. The van der Waals surface area contributed by atoms with Gasteiger partial charge in [0.2, 0.25) is 0 Å². The van der Waals surface area contributed by atoms with Crippen LogP contribution in [0, 0.1) is 18.8 Å². The van der Waals surface area contributed by atoms with Gasteiger partial charge in [-0.25, -0.2) is 0 Å². The van der Waals surface area contributed by atoms with Gasteiger partial charge in [-0.05, 0) is 31.0 Å². The van der Waals surface area contributed by atoms with Gasteiger partial charge in [-0.2, -0.15) is 0 Å². The fraction of sp³-hybridized carbons (Fsp3) is 0.500. The first-order valence-corrected chi connectivity index (χ1v) is 6.87. The van der Waals surface area contributed by atoms with Crippen LogP contribution >= 0.6 is 11.6 Å². The summed E-state index contributed by atoms with van der Waals surface area (Å²) in [6, 6.07) is 6.00. The van der Waals surface area contributed by atoms with E-state index in [0.29, 0.717) is 0 Å². The zero-order chi connectivity index (χ0) is 12.5. The molecule has 0 saturated carbocycles. The van der Waals surface area contributed by atoms with Crippen LogP contribution in [0.25, 0.3) is 0 Å². The van der Waals surface area contributed by atoms with E-state index in [-0.39, 0.29) is 0 Å². The Balaban J connectivity index is 2.31. The molecule has 17 heavy (non-hydrogen) atoms. The second kappa shape index (κ2) is 8.20. The number of benzene rings is 1. The standard InChI is InChI=1S/C16H21Cl/c1-3-4-5-6-7-8-9-10-15-12-11-14(2)16(17)13-15/h11-13H,3-8H2,1-2H3. The average Bonchev–Trinajstić information content (AvgIpc) is 2.32. The Morgan fingerprint density at radius 3 is 2.59 bits per heavy atom. The van der Waals surface area contributed by atoms with Crippen molar-refractivity contribution in [3.05, 3.63) is 34.3 Å². The molecule has 0 aliphatic carbocycles. The molecule has 0 aromatic heterocycles. The molecule has 1 aromatic rings. The van der Waals surface area contributed by atoms with Crippen molar-refractivity contribution in [1.82, 2.24) is 0 Å². The zero-order valence-electron chi connectivity index (χ0n) is 10.9. The molecule has 0 saturated heterocycles. The van der Waals surface area contributed by atoms with Gasteiger partial charge in [-0.15, -0.1) is 0 Å². The number of unbranched alkanes of at least 4 members (excludes halogenated alkanes) is 5. The number of aryl methyl sites for hydroxylation is 1. The van der Waals surface area contributed by atoms with E-state index >= 15 is 0 Å². The first kappa shape index (κ1) is 14.1. The molecule has 0 fully saturated rings. The molecular formula is C16H21Cl. The van der Waals surface area contributed by atoms with Crippen molar-refractivity contribution < 1.29 is 0 Å². The fourth-order valence-electron chi connectivity index (χ4n) is 1.65. The molecule has 0 amide bonds. The summed E-state index contributed by atoms with van der Waals surface area (Å²) in [7, 11) is 0. The minimum Gasteiger partial charge on any atom is -0.0979 e. The predicted octanol–water partition coefficient (Wildman–Crippen LogP) is 5.36. The van der Waals surface area contributed by atoms with E-state index in [1.54, 1.807) is 0 Å². The summed E-state index contributed by atoms with van der Waals surface area (Å²) < 4.78 is 0. The molecule has 0 bridgehead atoms.